The molecule has 0 aromatic heterocycles. The molecule has 5 nitrogen and oxygen atoms in total. The highest BCUT2D eigenvalue weighted by Gasteiger charge is 2.57. The van der Waals surface area contributed by atoms with E-state index in [9.17, 15) is 14.0 Å². The Hall–Kier alpha value is -2.11. The van der Waals surface area contributed by atoms with Crippen LogP contribution in [-0.4, -0.2) is 24.1 Å². The van der Waals surface area contributed by atoms with Crippen LogP contribution in [0.3, 0.4) is 0 Å². The third kappa shape index (κ3) is 2.25. The molecule has 0 heterocycles. The molecule has 1 amide bonds. The summed E-state index contributed by atoms with van der Waals surface area (Å²) in [6, 6.07) is 2.58. The van der Waals surface area contributed by atoms with E-state index in [0.29, 0.717) is 18.4 Å². The molecule has 0 atom stereocenters. The number of benzene rings is 1. The number of nitrogens with one attached hydrogen (secondary N) is 1. The van der Waals surface area contributed by atoms with Crippen molar-refractivity contribution in [3.05, 3.63) is 23.5 Å². The average Bonchev–Trinajstić information content (AvgIpc) is 3.14. The van der Waals surface area contributed by atoms with Gasteiger partial charge >= 0.3 is 5.97 Å². The normalized spacial score (nSPS) is 15.7. The molecule has 1 saturated carbocycles. The number of hydrogen-bond donors (Lipinski definition) is 2. The number of rotatable bonds is 4. The summed E-state index contributed by atoms with van der Waals surface area (Å²) in [7, 11) is 1.35. The maximum Gasteiger partial charge on any atom is 0.319 e. The van der Waals surface area contributed by atoms with Crippen molar-refractivity contribution in [3.8, 4) is 5.75 Å². The third-order valence-electron chi connectivity index (χ3n) is 3.34. The van der Waals surface area contributed by atoms with Gasteiger partial charge in [-0.25, -0.2) is 4.39 Å². The molecule has 1 fully saturated rings. The molecule has 1 aromatic rings. The van der Waals surface area contributed by atoms with E-state index < -0.39 is 23.1 Å². The smallest absolute Gasteiger partial charge is 0.319 e. The maximum atomic E-state index is 13.6. The molecule has 102 valence electrons. The number of aliphatic carboxylic acids is 1. The first-order chi connectivity index (χ1) is 8.90. The van der Waals surface area contributed by atoms with Gasteiger partial charge in [0, 0.05) is 11.8 Å². The van der Waals surface area contributed by atoms with E-state index in [0.717, 1.165) is 6.07 Å². The molecule has 2 N–H and O–H groups in total. The summed E-state index contributed by atoms with van der Waals surface area (Å²) in [5.74, 6) is -2.28. The number of anilines is 1. The lowest BCUT2D eigenvalue weighted by atomic mass is 10.1. The van der Waals surface area contributed by atoms with Crippen molar-refractivity contribution in [1.82, 2.24) is 0 Å². The van der Waals surface area contributed by atoms with Gasteiger partial charge in [-0.3, -0.25) is 9.59 Å². The van der Waals surface area contributed by atoms with Gasteiger partial charge in [0.2, 0.25) is 5.91 Å². The second-order valence-electron chi connectivity index (χ2n) is 4.64. The second-order valence-corrected chi connectivity index (χ2v) is 4.64. The van der Waals surface area contributed by atoms with E-state index in [-0.39, 0.29) is 11.4 Å². The van der Waals surface area contributed by atoms with E-state index in [1.54, 1.807) is 6.92 Å². The molecule has 1 aliphatic rings. The van der Waals surface area contributed by atoms with Crippen LogP contribution in [0.25, 0.3) is 0 Å². The van der Waals surface area contributed by atoms with E-state index in [1.807, 2.05) is 0 Å². The molecule has 2 rings (SSSR count). The number of carboxylic acid groups (broad SMARTS) is 1. The summed E-state index contributed by atoms with van der Waals surface area (Å²) in [6.07, 6.45) is 0.623. The Labute approximate surface area is 109 Å². The summed E-state index contributed by atoms with van der Waals surface area (Å²) in [5, 5.41) is 11.5. The van der Waals surface area contributed by atoms with Crippen molar-refractivity contribution < 1.29 is 23.8 Å². The Kier molecular flexibility index (Phi) is 3.18. The Morgan fingerprint density at radius 3 is 2.53 bits per heavy atom. The number of aryl methyl sites for hydroxylation is 1. The predicted molar refractivity (Wildman–Crippen MR) is 65.6 cm³/mol. The molecule has 0 unspecified atom stereocenters. The van der Waals surface area contributed by atoms with Gasteiger partial charge in [0.1, 0.15) is 5.41 Å². The zero-order valence-corrected chi connectivity index (χ0v) is 10.6. The fourth-order valence-corrected chi connectivity index (χ4v) is 1.85. The Morgan fingerprint density at radius 1 is 1.42 bits per heavy atom. The van der Waals surface area contributed by atoms with Crippen LogP contribution >= 0.6 is 0 Å². The standard InChI is InChI=1S/C13H14FNO4/c1-7-5-10(19-2)8(14)6-9(7)15-11(16)13(3-4-13)12(17)18/h5-6H,3-4H2,1-2H3,(H,15,16)(H,17,18). The number of carbonyl (C=O) groups is 2. The van der Waals surface area contributed by atoms with Crippen LogP contribution in [0.4, 0.5) is 10.1 Å². The lowest BCUT2D eigenvalue weighted by molar-refractivity contribution is -0.147. The maximum absolute atomic E-state index is 13.6. The zero-order chi connectivity index (χ0) is 14.2. The van der Waals surface area contributed by atoms with Gasteiger partial charge in [-0.1, -0.05) is 0 Å². The predicted octanol–water partition coefficient (Wildman–Crippen LogP) is 1.95. The van der Waals surface area contributed by atoms with Crippen LogP contribution in [0.5, 0.6) is 5.75 Å². The Balaban J connectivity index is 2.23. The minimum Gasteiger partial charge on any atom is -0.494 e. The van der Waals surface area contributed by atoms with E-state index in [2.05, 4.69) is 5.32 Å². The van der Waals surface area contributed by atoms with Gasteiger partial charge in [0.25, 0.3) is 0 Å². The highest BCUT2D eigenvalue weighted by molar-refractivity contribution is 6.11. The highest BCUT2D eigenvalue weighted by atomic mass is 19.1. The van der Waals surface area contributed by atoms with Crippen molar-refractivity contribution in [2.24, 2.45) is 5.41 Å². The van der Waals surface area contributed by atoms with Gasteiger partial charge in [0.15, 0.2) is 11.6 Å². The van der Waals surface area contributed by atoms with E-state index in [4.69, 9.17) is 9.84 Å². The van der Waals surface area contributed by atoms with Crippen LogP contribution in [0, 0.1) is 18.2 Å². The van der Waals surface area contributed by atoms with E-state index >= 15 is 0 Å². The summed E-state index contributed by atoms with van der Waals surface area (Å²) >= 11 is 0. The summed E-state index contributed by atoms with van der Waals surface area (Å²) in [5.41, 5.74) is -0.480. The van der Waals surface area contributed by atoms with E-state index in [1.165, 1.54) is 13.2 Å². The van der Waals surface area contributed by atoms with Gasteiger partial charge in [-0.15, -0.1) is 0 Å². The Bertz CT molecular complexity index is 552. The third-order valence-corrected chi connectivity index (χ3v) is 3.34. The summed E-state index contributed by atoms with van der Waals surface area (Å²) < 4.78 is 18.4. The highest BCUT2D eigenvalue weighted by Crippen LogP contribution is 2.47. The summed E-state index contributed by atoms with van der Waals surface area (Å²) in [6.45, 7) is 1.68. The molecular formula is C13H14FNO4. The molecule has 1 aliphatic carbocycles. The van der Waals surface area contributed by atoms with Crippen LogP contribution in [0.15, 0.2) is 12.1 Å². The van der Waals surface area contributed by atoms with Gasteiger partial charge < -0.3 is 15.2 Å². The van der Waals surface area contributed by atoms with Crippen LogP contribution in [-0.2, 0) is 9.59 Å². The fraction of sp³-hybridized carbons (Fsp3) is 0.385. The first-order valence-corrected chi connectivity index (χ1v) is 5.80. The lowest BCUT2D eigenvalue weighted by Crippen LogP contribution is -2.31. The van der Waals surface area contributed by atoms with Crippen molar-refractivity contribution in [2.75, 3.05) is 12.4 Å². The second kappa shape index (κ2) is 4.53. The number of carbonyl (C=O) groups excluding carboxylic acids is 1. The van der Waals surface area contributed by atoms with Gasteiger partial charge in [-0.05, 0) is 31.4 Å². The molecule has 0 saturated heterocycles. The largest absolute Gasteiger partial charge is 0.494 e. The molecule has 0 aliphatic heterocycles. The fourth-order valence-electron chi connectivity index (χ4n) is 1.85. The van der Waals surface area contributed by atoms with Crippen molar-refractivity contribution in [2.45, 2.75) is 19.8 Å². The first kappa shape index (κ1) is 13.3. The first-order valence-electron chi connectivity index (χ1n) is 5.80. The Morgan fingerprint density at radius 2 is 2.05 bits per heavy atom. The van der Waals surface area contributed by atoms with Crippen LogP contribution < -0.4 is 10.1 Å². The van der Waals surface area contributed by atoms with Gasteiger partial charge in [-0.2, -0.15) is 0 Å². The number of halogens is 1. The lowest BCUT2D eigenvalue weighted by Gasteiger charge is -2.14. The number of methoxy groups -OCH3 is 1. The molecule has 6 heteroatoms. The molecule has 0 radical (unpaired) electrons. The molecule has 1 aromatic carbocycles. The number of amides is 1. The quantitative estimate of drug-likeness (QED) is 0.817. The molecule has 19 heavy (non-hydrogen) atoms. The average molecular weight is 267 g/mol. The minimum atomic E-state index is -1.34. The topological polar surface area (TPSA) is 75.6 Å². The van der Waals surface area contributed by atoms with Crippen molar-refractivity contribution in [1.29, 1.82) is 0 Å². The SMILES string of the molecule is COc1cc(C)c(NC(=O)C2(C(=O)O)CC2)cc1F. The zero-order valence-electron chi connectivity index (χ0n) is 10.6. The van der Waals surface area contributed by atoms with Gasteiger partial charge in [0.05, 0.1) is 7.11 Å². The molecule has 0 spiro atoms. The number of carboxylic acids is 1. The number of hydrogen-bond acceptors (Lipinski definition) is 3. The van der Waals surface area contributed by atoms with Crippen molar-refractivity contribution >= 4 is 17.6 Å². The van der Waals surface area contributed by atoms with Crippen LogP contribution in [0.2, 0.25) is 0 Å². The monoisotopic (exact) mass is 267 g/mol. The minimum absolute atomic E-state index is 0.0786. The molecular weight excluding hydrogens is 253 g/mol. The van der Waals surface area contributed by atoms with Crippen LogP contribution in [0.1, 0.15) is 18.4 Å². The molecule has 0 bridgehead atoms. The summed E-state index contributed by atoms with van der Waals surface area (Å²) in [4.78, 5) is 22.9. The number of ether oxygens (including phenoxy) is 1. The van der Waals surface area contributed by atoms with Crippen molar-refractivity contribution in [3.63, 3.8) is 0 Å².